The van der Waals surface area contributed by atoms with Gasteiger partial charge < -0.3 is 20.3 Å². The number of carbonyl (C=O) groups is 1. The molecule has 1 aromatic rings. The van der Waals surface area contributed by atoms with Crippen LogP contribution in [-0.4, -0.2) is 56.8 Å². The van der Waals surface area contributed by atoms with Crippen LogP contribution >= 0.6 is 11.8 Å². The molecule has 1 saturated heterocycles. The van der Waals surface area contributed by atoms with Crippen LogP contribution in [0, 0.1) is 0 Å². The van der Waals surface area contributed by atoms with E-state index in [1.165, 1.54) is 29.4 Å². The van der Waals surface area contributed by atoms with Gasteiger partial charge in [-0.05, 0) is 0 Å². The second-order valence-corrected chi connectivity index (χ2v) is 6.24. The van der Waals surface area contributed by atoms with Crippen LogP contribution in [0.5, 0.6) is 0 Å². The molecule has 0 bridgehead atoms. The molecule has 23 heavy (non-hydrogen) atoms. The number of carbonyl (C=O) groups excluding carboxylic acids is 1. The summed E-state index contributed by atoms with van der Waals surface area (Å²) in [6, 6.07) is 0. The minimum atomic E-state index is -0.875. The normalized spacial score (nSPS) is 23.9. The van der Waals surface area contributed by atoms with Crippen LogP contribution in [0.1, 0.15) is 19.6 Å². The molecule has 0 unspecified atom stereocenters. The fourth-order valence-corrected chi connectivity index (χ4v) is 3.02. The Kier molecular flexibility index (Phi) is 5.99. The highest BCUT2D eigenvalue weighted by Gasteiger charge is 2.35. The van der Waals surface area contributed by atoms with Gasteiger partial charge in [0.05, 0.1) is 17.6 Å². The highest BCUT2D eigenvalue weighted by molar-refractivity contribution is 7.99. The number of aliphatic hydroxyl groups excluding tert-OH is 2. The van der Waals surface area contributed by atoms with Crippen molar-refractivity contribution in [3.8, 4) is 0 Å². The lowest BCUT2D eigenvalue weighted by Crippen LogP contribution is -2.33. The van der Waals surface area contributed by atoms with Crippen LogP contribution in [-0.2, 0) is 9.53 Å². The molecule has 0 radical (unpaired) electrons. The topological polar surface area (TPSA) is 134 Å². The Labute approximate surface area is 135 Å². The van der Waals surface area contributed by atoms with E-state index in [2.05, 4.69) is 10.3 Å². The first kappa shape index (κ1) is 17.7. The zero-order chi connectivity index (χ0) is 17.0. The number of hydrogen-bond donors (Lipinski definition) is 4. The number of nitrogens with zero attached hydrogens (tertiary/aromatic N) is 1. The summed E-state index contributed by atoms with van der Waals surface area (Å²) in [5.74, 6) is 0.307. The van der Waals surface area contributed by atoms with Crippen LogP contribution < -0.4 is 16.6 Å². The summed E-state index contributed by atoms with van der Waals surface area (Å²) in [6.45, 7) is 1.44. The van der Waals surface area contributed by atoms with Gasteiger partial charge >= 0.3 is 5.69 Å². The first-order valence-electron chi connectivity index (χ1n) is 7.09. The van der Waals surface area contributed by atoms with Gasteiger partial charge in [-0.1, -0.05) is 0 Å². The van der Waals surface area contributed by atoms with Crippen molar-refractivity contribution >= 4 is 17.7 Å². The fraction of sp³-hybridized carbons (Fsp3) is 0.615. The van der Waals surface area contributed by atoms with Crippen molar-refractivity contribution in [2.75, 3.05) is 18.9 Å². The summed E-state index contributed by atoms with van der Waals surface area (Å²) in [5.41, 5.74) is -1.16. The molecule has 1 amide bonds. The third-order valence-corrected chi connectivity index (χ3v) is 4.37. The molecule has 2 heterocycles. The third kappa shape index (κ3) is 4.44. The maximum Gasteiger partial charge on any atom is 0.330 e. The van der Waals surface area contributed by atoms with Gasteiger partial charge in [-0.3, -0.25) is 19.1 Å². The molecule has 1 fully saturated rings. The van der Waals surface area contributed by atoms with E-state index in [-0.39, 0.29) is 18.9 Å². The predicted octanol–water partition coefficient (Wildman–Crippen LogP) is -1.59. The summed E-state index contributed by atoms with van der Waals surface area (Å²) in [6.07, 6.45) is -0.861. The van der Waals surface area contributed by atoms with Crippen molar-refractivity contribution in [2.45, 2.75) is 36.7 Å². The minimum Gasteiger partial charge on any atom is -0.394 e. The number of aromatic amines is 1. The Bertz CT molecular complexity index is 672. The molecular formula is C13H19N3O6S. The van der Waals surface area contributed by atoms with E-state index in [0.29, 0.717) is 17.2 Å². The van der Waals surface area contributed by atoms with Crippen molar-refractivity contribution in [3.05, 3.63) is 27.0 Å². The lowest BCUT2D eigenvalue weighted by Gasteiger charge is -2.15. The first-order valence-corrected chi connectivity index (χ1v) is 8.08. The lowest BCUT2D eigenvalue weighted by molar-refractivity contribution is -0.118. The smallest absolute Gasteiger partial charge is 0.330 e. The van der Waals surface area contributed by atoms with Gasteiger partial charge in [0.2, 0.25) is 5.91 Å². The lowest BCUT2D eigenvalue weighted by atomic mass is 10.2. The Morgan fingerprint density at radius 1 is 1.57 bits per heavy atom. The maximum atomic E-state index is 11.9. The summed E-state index contributed by atoms with van der Waals surface area (Å²) < 4.78 is 6.61. The molecule has 4 N–H and O–H groups in total. The van der Waals surface area contributed by atoms with Gasteiger partial charge in [0.15, 0.2) is 0 Å². The summed E-state index contributed by atoms with van der Waals surface area (Å²) in [4.78, 5) is 37.0. The number of H-pyrrole nitrogens is 1. The average Bonchev–Trinajstić information content (AvgIpc) is 2.86. The van der Waals surface area contributed by atoms with Gasteiger partial charge in [0.1, 0.15) is 12.3 Å². The molecule has 0 aliphatic carbocycles. The molecule has 3 atom stereocenters. The number of aliphatic hydroxyl groups is 2. The number of nitrogens with one attached hydrogen (secondary N) is 2. The molecule has 1 aliphatic heterocycles. The quantitative estimate of drug-likeness (QED) is 0.361. The van der Waals surface area contributed by atoms with Crippen LogP contribution in [0.4, 0.5) is 0 Å². The Morgan fingerprint density at radius 3 is 2.91 bits per heavy atom. The fourth-order valence-electron chi connectivity index (χ4n) is 2.22. The molecule has 128 valence electrons. The Morgan fingerprint density at radius 2 is 2.30 bits per heavy atom. The van der Waals surface area contributed by atoms with E-state index in [4.69, 9.17) is 9.84 Å². The second kappa shape index (κ2) is 7.77. The average molecular weight is 345 g/mol. The molecule has 9 nitrogen and oxygen atoms in total. The van der Waals surface area contributed by atoms with Crippen LogP contribution in [0.25, 0.3) is 0 Å². The monoisotopic (exact) mass is 345 g/mol. The van der Waals surface area contributed by atoms with E-state index in [0.717, 1.165) is 0 Å². The van der Waals surface area contributed by atoms with E-state index in [9.17, 15) is 19.5 Å². The standard InChI is InChI=1S/C13H19N3O6S/c1-7(18)14-2-3-23-10-5-16(13(21)15-12(10)20)11-4-8(19)9(6-17)22-11/h5,8-9,11,17,19H,2-4,6H2,1H3,(H,14,18)(H,15,20,21)/t8-,9+,11+/m0/s1. The number of amides is 1. The Balaban J connectivity index is 2.12. The highest BCUT2D eigenvalue weighted by atomic mass is 32.2. The van der Waals surface area contributed by atoms with Crippen LogP contribution in [0.2, 0.25) is 0 Å². The minimum absolute atomic E-state index is 0.146. The van der Waals surface area contributed by atoms with E-state index in [1.807, 2.05) is 0 Å². The molecule has 1 aliphatic rings. The van der Waals surface area contributed by atoms with Gasteiger partial charge in [0.25, 0.3) is 5.56 Å². The van der Waals surface area contributed by atoms with Gasteiger partial charge in [0, 0.05) is 31.8 Å². The predicted molar refractivity (Wildman–Crippen MR) is 82.4 cm³/mol. The van der Waals surface area contributed by atoms with Crippen LogP contribution in [0.3, 0.4) is 0 Å². The Hall–Kier alpha value is -1.62. The number of rotatable bonds is 6. The zero-order valence-corrected chi connectivity index (χ0v) is 13.3. The second-order valence-electron chi connectivity index (χ2n) is 5.11. The highest BCUT2D eigenvalue weighted by Crippen LogP contribution is 2.27. The number of hydrogen-bond acceptors (Lipinski definition) is 7. The number of thioether (sulfide) groups is 1. The molecule has 0 spiro atoms. The molecule has 2 rings (SSSR count). The van der Waals surface area contributed by atoms with Crippen LogP contribution in [0.15, 0.2) is 20.7 Å². The van der Waals surface area contributed by atoms with E-state index in [1.54, 1.807) is 0 Å². The molecular weight excluding hydrogens is 326 g/mol. The molecule has 0 aromatic carbocycles. The number of aromatic nitrogens is 2. The van der Waals surface area contributed by atoms with E-state index >= 15 is 0 Å². The molecule has 0 saturated carbocycles. The maximum absolute atomic E-state index is 11.9. The van der Waals surface area contributed by atoms with Crippen molar-refractivity contribution in [2.24, 2.45) is 0 Å². The van der Waals surface area contributed by atoms with Gasteiger partial charge in [-0.2, -0.15) is 0 Å². The molecule has 1 aromatic heterocycles. The zero-order valence-electron chi connectivity index (χ0n) is 12.5. The van der Waals surface area contributed by atoms with Crippen molar-refractivity contribution in [3.63, 3.8) is 0 Å². The van der Waals surface area contributed by atoms with Gasteiger partial charge in [-0.25, -0.2) is 4.79 Å². The van der Waals surface area contributed by atoms with Crippen molar-refractivity contribution in [1.29, 1.82) is 0 Å². The van der Waals surface area contributed by atoms with E-state index < -0.39 is 29.7 Å². The van der Waals surface area contributed by atoms with Crippen molar-refractivity contribution in [1.82, 2.24) is 14.9 Å². The SMILES string of the molecule is CC(=O)NCCSc1cn([C@H]2C[C@H](O)[C@@H](CO)O2)c(=O)[nH]c1=O. The van der Waals surface area contributed by atoms with Gasteiger partial charge in [-0.15, -0.1) is 11.8 Å². The summed E-state index contributed by atoms with van der Waals surface area (Å²) >= 11 is 1.19. The number of ether oxygens (including phenoxy) is 1. The van der Waals surface area contributed by atoms with Crippen molar-refractivity contribution < 1.29 is 19.7 Å². The summed E-state index contributed by atoms with van der Waals surface area (Å²) in [5, 5.41) is 21.4. The molecule has 10 heteroatoms. The summed E-state index contributed by atoms with van der Waals surface area (Å²) in [7, 11) is 0. The third-order valence-electron chi connectivity index (χ3n) is 3.36. The largest absolute Gasteiger partial charge is 0.394 e. The first-order chi connectivity index (χ1) is 10.9.